The van der Waals surface area contributed by atoms with Crippen LogP contribution in [0.25, 0.3) is 0 Å². The smallest absolute Gasteiger partial charge is 0.328 e. The van der Waals surface area contributed by atoms with E-state index in [1.165, 1.54) is 0 Å². The Balaban J connectivity index is 0. The van der Waals surface area contributed by atoms with Crippen LogP contribution in [0.4, 0.5) is 0 Å². The Kier molecular flexibility index (Phi) is 7.78. The number of rotatable bonds is 3. The molecule has 0 aliphatic carbocycles. The molecule has 0 aliphatic heterocycles. The Morgan fingerprint density at radius 3 is 2.11 bits per heavy atom. The van der Waals surface area contributed by atoms with E-state index in [9.17, 15) is 8.42 Å². The maximum absolute atomic E-state index is 9.67. The molecule has 0 spiro atoms. The largest absolute Gasteiger partial charge is 0.397 e. The maximum atomic E-state index is 9.67. The van der Waals surface area contributed by atoms with Crippen LogP contribution in [-0.4, -0.2) is 55.7 Å². The number of hydrogen-bond donors (Lipinski definition) is 2. The van der Waals surface area contributed by atoms with Gasteiger partial charge in [0.2, 0.25) is 0 Å². The van der Waals surface area contributed by atoms with E-state index in [-0.39, 0.29) is 42.7 Å². The van der Waals surface area contributed by atoms with Crippen molar-refractivity contribution in [2.75, 3.05) is 13.2 Å². The molecule has 5 nitrogen and oxygen atoms in total. The molecule has 0 atom stereocenters. The molecule has 0 fully saturated rings. The summed E-state index contributed by atoms with van der Waals surface area (Å²) in [6.45, 7) is -0.112. The molecule has 0 unspecified atom stereocenters. The molecule has 0 aliphatic rings. The predicted octanol–water partition coefficient (Wildman–Crippen LogP) is -1.62. The summed E-state index contributed by atoms with van der Waals surface area (Å²) in [5.41, 5.74) is 4.84. The summed E-state index contributed by atoms with van der Waals surface area (Å²) in [6, 6.07) is 0. The van der Waals surface area contributed by atoms with E-state index >= 15 is 0 Å². The second-order valence-corrected chi connectivity index (χ2v) is 2.13. The molecular formula is C2H7NNaO4S. The van der Waals surface area contributed by atoms with Gasteiger partial charge in [-0.15, -0.1) is 0 Å². The number of hydrogen-bond acceptors (Lipinski definition) is 4. The van der Waals surface area contributed by atoms with E-state index < -0.39 is 10.4 Å². The van der Waals surface area contributed by atoms with Gasteiger partial charge in [0.25, 0.3) is 0 Å². The first-order valence-electron chi connectivity index (χ1n) is 1.88. The van der Waals surface area contributed by atoms with Crippen molar-refractivity contribution < 1.29 is 17.2 Å². The van der Waals surface area contributed by atoms with Crippen LogP contribution in [0.3, 0.4) is 0 Å². The molecule has 1 radical (unpaired) electrons. The summed E-state index contributed by atoms with van der Waals surface area (Å²) >= 11 is 0. The van der Waals surface area contributed by atoms with Gasteiger partial charge in [-0.05, 0) is 0 Å². The molecule has 0 aromatic heterocycles. The Morgan fingerprint density at radius 2 is 2.00 bits per heavy atom. The predicted molar refractivity (Wildman–Crippen MR) is 32.3 cm³/mol. The van der Waals surface area contributed by atoms with E-state index in [1.807, 2.05) is 0 Å². The van der Waals surface area contributed by atoms with Gasteiger partial charge in [0.05, 0.1) is 6.61 Å². The van der Waals surface area contributed by atoms with Gasteiger partial charge < -0.3 is 5.73 Å². The summed E-state index contributed by atoms with van der Waals surface area (Å²) < 4.78 is 31.0. The Labute approximate surface area is 75.8 Å². The van der Waals surface area contributed by atoms with Gasteiger partial charge >= 0.3 is 10.4 Å². The van der Waals surface area contributed by atoms with E-state index in [1.54, 1.807) is 0 Å². The molecule has 0 rings (SSSR count). The Bertz CT molecular complexity index is 143. The van der Waals surface area contributed by atoms with Crippen LogP contribution in [-0.2, 0) is 14.6 Å². The van der Waals surface area contributed by atoms with Crippen LogP contribution >= 0.6 is 0 Å². The first kappa shape index (κ1) is 12.5. The zero-order chi connectivity index (χ0) is 6.62. The number of nitrogens with two attached hydrogens (primary N) is 1. The van der Waals surface area contributed by atoms with Crippen molar-refractivity contribution in [3.63, 3.8) is 0 Å². The monoisotopic (exact) mass is 164 g/mol. The second kappa shape index (κ2) is 5.60. The molecule has 9 heavy (non-hydrogen) atoms. The van der Waals surface area contributed by atoms with E-state index in [2.05, 4.69) is 4.18 Å². The average Bonchev–Trinajstić information content (AvgIpc) is 1.59. The SMILES string of the molecule is NCCOS(=O)(=O)O.[Na]. The van der Waals surface area contributed by atoms with Crippen molar-refractivity contribution in [1.29, 1.82) is 0 Å². The fourth-order valence-corrected chi connectivity index (χ4v) is 0.460. The normalized spacial score (nSPS) is 10.4. The van der Waals surface area contributed by atoms with Crippen LogP contribution in [0, 0.1) is 0 Å². The van der Waals surface area contributed by atoms with Crippen molar-refractivity contribution >= 4 is 40.0 Å². The van der Waals surface area contributed by atoms with Crippen molar-refractivity contribution in [1.82, 2.24) is 0 Å². The summed E-state index contributed by atoms with van der Waals surface area (Å²) in [5, 5.41) is 0. The summed E-state index contributed by atoms with van der Waals surface area (Å²) in [4.78, 5) is 0. The molecule has 3 N–H and O–H groups in total. The van der Waals surface area contributed by atoms with Crippen LogP contribution in [0.2, 0.25) is 0 Å². The molecule has 7 heteroatoms. The van der Waals surface area contributed by atoms with Crippen LogP contribution in [0.1, 0.15) is 0 Å². The quantitative estimate of drug-likeness (QED) is 0.386. The molecule has 0 amide bonds. The standard InChI is InChI=1S/C2H7NO4S.Na/c3-1-2-7-8(4,5)6;/h1-3H2,(H,4,5,6);. The molecular weight excluding hydrogens is 157 g/mol. The van der Waals surface area contributed by atoms with Crippen molar-refractivity contribution in [3.05, 3.63) is 0 Å². The molecule has 0 heterocycles. The van der Waals surface area contributed by atoms with Gasteiger partial charge in [-0.2, -0.15) is 8.42 Å². The molecule has 0 saturated heterocycles. The van der Waals surface area contributed by atoms with Crippen molar-refractivity contribution in [2.24, 2.45) is 5.73 Å². The third-order valence-corrected chi connectivity index (χ3v) is 0.815. The average molecular weight is 164 g/mol. The summed E-state index contributed by atoms with van der Waals surface area (Å²) in [6.07, 6.45) is 0. The van der Waals surface area contributed by atoms with Crippen LogP contribution in [0.15, 0.2) is 0 Å². The van der Waals surface area contributed by atoms with Gasteiger partial charge in [0.1, 0.15) is 0 Å². The van der Waals surface area contributed by atoms with E-state index in [0.717, 1.165) is 0 Å². The van der Waals surface area contributed by atoms with Gasteiger partial charge in [-0.1, -0.05) is 0 Å². The second-order valence-electron chi connectivity index (χ2n) is 1.04. The van der Waals surface area contributed by atoms with Crippen LogP contribution < -0.4 is 5.73 Å². The zero-order valence-corrected chi connectivity index (χ0v) is 7.89. The van der Waals surface area contributed by atoms with Gasteiger partial charge in [-0.25, -0.2) is 4.18 Å². The topological polar surface area (TPSA) is 89.6 Å². The molecule has 0 aromatic rings. The minimum Gasteiger partial charge on any atom is -0.328 e. The van der Waals surface area contributed by atoms with Gasteiger partial charge in [-0.3, -0.25) is 4.55 Å². The Hall–Kier alpha value is 0.830. The molecule has 0 bridgehead atoms. The first-order valence-corrected chi connectivity index (χ1v) is 3.24. The summed E-state index contributed by atoms with van der Waals surface area (Å²) in [7, 11) is -4.27. The fourth-order valence-electron chi connectivity index (χ4n) is 0.153. The van der Waals surface area contributed by atoms with Gasteiger partial charge in [0.15, 0.2) is 0 Å². The maximum Gasteiger partial charge on any atom is 0.397 e. The molecule has 0 aromatic carbocycles. The van der Waals surface area contributed by atoms with Crippen molar-refractivity contribution in [2.45, 2.75) is 0 Å². The van der Waals surface area contributed by atoms with E-state index in [0.29, 0.717) is 0 Å². The third-order valence-electron chi connectivity index (χ3n) is 0.350. The Morgan fingerprint density at radius 1 is 1.56 bits per heavy atom. The first-order chi connectivity index (χ1) is 3.56. The minimum absolute atomic E-state index is 0. The van der Waals surface area contributed by atoms with Gasteiger partial charge in [0, 0.05) is 36.1 Å². The zero-order valence-electron chi connectivity index (χ0n) is 5.07. The van der Waals surface area contributed by atoms with E-state index in [4.69, 9.17) is 10.3 Å². The molecule has 51 valence electrons. The summed E-state index contributed by atoms with van der Waals surface area (Å²) in [5.74, 6) is 0. The van der Waals surface area contributed by atoms with Crippen molar-refractivity contribution in [3.8, 4) is 0 Å². The third kappa shape index (κ3) is 12.1. The molecule has 0 saturated carbocycles. The fraction of sp³-hybridized carbons (Fsp3) is 1.00. The van der Waals surface area contributed by atoms with Crippen LogP contribution in [0.5, 0.6) is 0 Å². The minimum atomic E-state index is -4.27.